The molecule has 1 fully saturated rings. The molecule has 6 aromatic rings. The number of H-pyrrole nitrogens is 2. The highest BCUT2D eigenvalue weighted by Gasteiger charge is 2.17. The van der Waals surface area contributed by atoms with Gasteiger partial charge in [-0.05, 0) is 80.9 Å². The molecule has 0 spiro atoms. The van der Waals surface area contributed by atoms with Crippen molar-refractivity contribution < 1.29 is 0 Å². The Hall–Kier alpha value is -3.88. The highest BCUT2D eigenvalue weighted by Crippen LogP contribution is 2.36. The number of likely N-dealkylation sites (tertiary alicyclic amines) is 1. The van der Waals surface area contributed by atoms with Crippen molar-refractivity contribution in [1.82, 2.24) is 35.0 Å². The summed E-state index contributed by atoms with van der Waals surface area (Å²) < 4.78 is 0. The highest BCUT2D eigenvalue weighted by atomic mass is 32.1. The maximum atomic E-state index is 5.04. The fourth-order valence-corrected chi connectivity index (χ4v) is 6.19. The maximum absolute atomic E-state index is 5.04. The number of pyridine rings is 3. The fourth-order valence-electron chi connectivity index (χ4n) is 5.29. The van der Waals surface area contributed by atoms with Crippen molar-refractivity contribution in [2.75, 3.05) is 13.1 Å². The van der Waals surface area contributed by atoms with Gasteiger partial charge in [0.25, 0.3) is 0 Å². The molecule has 0 saturated carbocycles. The average molecular weight is 506 g/mol. The van der Waals surface area contributed by atoms with Crippen LogP contribution in [0.5, 0.6) is 0 Å². The number of aromatic nitrogens is 6. The number of hydrogen-bond donors (Lipinski definition) is 2. The minimum absolute atomic E-state index is 0.792. The molecule has 7 nitrogen and oxygen atoms in total. The van der Waals surface area contributed by atoms with Gasteiger partial charge < -0.3 is 4.98 Å². The molecule has 0 aliphatic carbocycles. The molecule has 2 N–H and O–H groups in total. The molecule has 1 saturated heterocycles. The molecule has 0 amide bonds. The van der Waals surface area contributed by atoms with E-state index in [0.29, 0.717) is 0 Å². The lowest BCUT2D eigenvalue weighted by atomic mass is 10.1. The number of hydrogen-bond acceptors (Lipinski definition) is 6. The first kappa shape index (κ1) is 22.3. The Morgan fingerprint density at radius 1 is 1.00 bits per heavy atom. The summed E-state index contributed by atoms with van der Waals surface area (Å²) in [6.45, 7) is 5.40. The summed E-state index contributed by atoms with van der Waals surface area (Å²) in [5, 5.41) is 8.87. The Balaban J connectivity index is 1.26. The van der Waals surface area contributed by atoms with Crippen molar-refractivity contribution in [1.29, 1.82) is 0 Å². The number of nitrogens with zero attached hydrogens (tertiary/aromatic N) is 5. The van der Waals surface area contributed by atoms with Crippen molar-refractivity contribution in [2.45, 2.75) is 32.7 Å². The standard InChI is InChI=1S/C29H27N7S/c1-18-5-8-26(37-18)21-9-10-31-29-22(21)14-25(33-29)28-27-24(34-35-28)7-6-23(32-27)20-13-19(15-30-16-20)17-36-11-3-2-4-12-36/h5-10,13-16H,2-4,11-12,17H2,1H3,(H,31,33)(H,34,35). The molecule has 7 rings (SSSR count). The zero-order chi connectivity index (χ0) is 24.8. The topological polar surface area (TPSA) is 86.4 Å². The third kappa shape index (κ3) is 4.22. The van der Waals surface area contributed by atoms with Crippen LogP contribution >= 0.6 is 11.3 Å². The molecule has 8 heteroatoms. The number of piperidine rings is 1. The van der Waals surface area contributed by atoms with Crippen LogP contribution in [0.3, 0.4) is 0 Å². The normalized spacial score (nSPS) is 14.6. The molecule has 0 aromatic carbocycles. The van der Waals surface area contributed by atoms with Gasteiger partial charge in [0.05, 0.1) is 16.9 Å². The molecule has 0 radical (unpaired) electrons. The zero-order valence-corrected chi connectivity index (χ0v) is 21.5. The molecular formula is C29H27N7S. The van der Waals surface area contributed by atoms with Crippen LogP contribution in [0.2, 0.25) is 0 Å². The van der Waals surface area contributed by atoms with Gasteiger partial charge in [0, 0.05) is 51.4 Å². The Morgan fingerprint density at radius 3 is 2.78 bits per heavy atom. The quantitative estimate of drug-likeness (QED) is 0.276. The van der Waals surface area contributed by atoms with E-state index >= 15 is 0 Å². The summed E-state index contributed by atoms with van der Waals surface area (Å²) >= 11 is 1.79. The van der Waals surface area contributed by atoms with Gasteiger partial charge in [-0.15, -0.1) is 11.3 Å². The number of thiophene rings is 1. The summed E-state index contributed by atoms with van der Waals surface area (Å²) in [5.41, 5.74) is 8.60. The van der Waals surface area contributed by atoms with Gasteiger partial charge in [-0.1, -0.05) is 6.42 Å². The van der Waals surface area contributed by atoms with Crippen LogP contribution < -0.4 is 0 Å². The van der Waals surface area contributed by atoms with Gasteiger partial charge in [0.2, 0.25) is 0 Å². The number of nitrogens with one attached hydrogen (secondary N) is 2. The minimum Gasteiger partial charge on any atom is -0.338 e. The largest absolute Gasteiger partial charge is 0.338 e. The van der Waals surface area contributed by atoms with E-state index in [2.05, 4.69) is 67.3 Å². The maximum Gasteiger partial charge on any atom is 0.138 e. The Bertz CT molecular complexity index is 1720. The predicted molar refractivity (Wildman–Crippen MR) is 149 cm³/mol. The molecule has 0 unspecified atom stereocenters. The number of fused-ring (bicyclic) bond motifs is 2. The number of rotatable bonds is 5. The van der Waals surface area contributed by atoms with Crippen molar-refractivity contribution >= 4 is 33.4 Å². The predicted octanol–water partition coefficient (Wildman–Crippen LogP) is 6.59. The van der Waals surface area contributed by atoms with E-state index in [1.807, 2.05) is 30.7 Å². The van der Waals surface area contributed by atoms with Crippen LogP contribution in [0.4, 0.5) is 0 Å². The van der Waals surface area contributed by atoms with Gasteiger partial charge in [-0.3, -0.25) is 15.0 Å². The second kappa shape index (κ2) is 9.21. The van der Waals surface area contributed by atoms with Gasteiger partial charge in [0.1, 0.15) is 16.9 Å². The molecule has 0 bridgehead atoms. The zero-order valence-electron chi connectivity index (χ0n) is 20.7. The van der Waals surface area contributed by atoms with Crippen LogP contribution in [0, 0.1) is 6.92 Å². The second-order valence-electron chi connectivity index (χ2n) is 9.80. The molecule has 6 aromatic heterocycles. The number of aromatic amines is 2. The van der Waals surface area contributed by atoms with Crippen LogP contribution in [-0.4, -0.2) is 48.1 Å². The number of aryl methyl sites for hydroxylation is 1. The van der Waals surface area contributed by atoms with Gasteiger partial charge >= 0.3 is 0 Å². The second-order valence-corrected chi connectivity index (χ2v) is 11.1. The molecule has 1 aliphatic heterocycles. The van der Waals surface area contributed by atoms with E-state index in [1.54, 1.807) is 11.3 Å². The van der Waals surface area contributed by atoms with E-state index in [0.717, 1.165) is 51.3 Å². The first-order valence-corrected chi connectivity index (χ1v) is 13.6. The summed E-state index contributed by atoms with van der Waals surface area (Å²) in [6, 6.07) is 14.8. The first-order valence-electron chi connectivity index (χ1n) is 12.8. The SMILES string of the molecule is Cc1ccc(-c2ccnc3[nH]c(-c4n[nH]c5ccc(-c6cncc(CN7CCCCC7)c6)nc45)cc23)s1. The summed E-state index contributed by atoms with van der Waals surface area (Å²) in [5.74, 6) is 0. The van der Waals surface area contributed by atoms with Crippen molar-refractivity contribution in [3.05, 3.63) is 71.5 Å². The fraction of sp³-hybridized carbons (Fsp3) is 0.241. The Kier molecular flexibility index (Phi) is 5.56. The lowest BCUT2D eigenvalue weighted by Gasteiger charge is -2.26. The lowest BCUT2D eigenvalue weighted by molar-refractivity contribution is 0.220. The smallest absolute Gasteiger partial charge is 0.138 e. The summed E-state index contributed by atoms with van der Waals surface area (Å²) in [6.07, 6.45) is 9.64. The first-order chi connectivity index (χ1) is 18.2. The monoisotopic (exact) mass is 505 g/mol. The minimum atomic E-state index is 0.792. The van der Waals surface area contributed by atoms with Crippen molar-refractivity contribution in [2.24, 2.45) is 0 Å². The molecular weight excluding hydrogens is 478 g/mol. The van der Waals surface area contributed by atoms with E-state index in [4.69, 9.17) is 4.98 Å². The Labute approximate surface area is 218 Å². The van der Waals surface area contributed by atoms with Crippen LogP contribution in [0.25, 0.3) is 55.2 Å². The third-order valence-corrected chi connectivity index (χ3v) is 8.18. The van der Waals surface area contributed by atoms with E-state index in [9.17, 15) is 0 Å². The van der Waals surface area contributed by atoms with Gasteiger partial charge in [-0.2, -0.15) is 5.10 Å². The van der Waals surface area contributed by atoms with Crippen molar-refractivity contribution in [3.8, 4) is 33.1 Å². The van der Waals surface area contributed by atoms with E-state index < -0.39 is 0 Å². The van der Waals surface area contributed by atoms with Crippen LogP contribution in [-0.2, 0) is 6.54 Å². The van der Waals surface area contributed by atoms with E-state index in [-0.39, 0.29) is 0 Å². The lowest BCUT2D eigenvalue weighted by Crippen LogP contribution is -2.29. The van der Waals surface area contributed by atoms with E-state index in [1.165, 1.54) is 53.2 Å². The molecule has 1 aliphatic rings. The highest BCUT2D eigenvalue weighted by molar-refractivity contribution is 7.15. The van der Waals surface area contributed by atoms with Crippen molar-refractivity contribution in [3.63, 3.8) is 0 Å². The molecule has 37 heavy (non-hydrogen) atoms. The molecule has 184 valence electrons. The molecule has 0 atom stereocenters. The van der Waals surface area contributed by atoms with Gasteiger partial charge in [0.15, 0.2) is 0 Å². The van der Waals surface area contributed by atoms with Gasteiger partial charge in [-0.25, -0.2) is 9.97 Å². The third-order valence-electron chi connectivity index (χ3n) is 7.15. The Morgan fingerprint density at radius 2 is 1.92 bits per heavy atom. The average Bonchev–Trinajstić information content (AvgIpc) is 3.66. The van der Waals surface area contributed by atoms with Crippen LogP contribution in [0.1, 0.15) is 29.7 Å². The van der Waals surface area contributed by atoms with Crippen LogP contribution in [0.15, 0.2) is 61.1 Å². The summed E-state index contributed by atoms with van der Waals surface area (Å²) in [4.78, 5) is 22.7. The summed E-state index contributed by atoms with van der Waals surface area (Å²) in [7, 11) is 0. The molecule has 7 heterocycles.